The van der Waals surface area contributed by atoms with Gasteiger partial charge in [0.25, 0.3) is 0 Å². The zero-order valence-corrected chi connectivity index (χ0v) is 7.50. The molecule has 68 valence electrons. The highest BCUT2D eigenvalue weighted by atomic mass is 16.5. The summed E-state index contributed by atoms with van der Waals surface area (Å²) in [5.74, 6) is -0.265. The maximum Gasteiger partial charge on any atom is 0.330 e. The predicted molar refractivity (Wildman–Crippen MR) is 44.7 cm³/mol. The molecule has 0 spiro atoms. The van der Waals surface area contributed by atoms with Crippen LogP contribution in [0, 0.1) is 0 Å². The average molecular weight is 170 g/mol. The smallest absolute Gasteiger partial charge is 0.330 e. The highest BCUT2D eigenvalue weighted by Gasteiger charge is 2.13. The Morgan fingerprint density at radius 1 is 1.75 bits per heavy atom. The fourth-order valence-corrected chi connectivity index (χ4v) is 1.28. The minimum atomic E-state index is -0.265. The zero-order valence-electron chi connectivity index (χ0n) is 7.50. The third-order valence-corrected chi connectivity index (χ3v) is 1.90. The third-order valence-electron chi connectivity index (χ3n) is 1.90. The van der Waals surface area contributed by atoms with E-state index in [1.165, 1.54) is 7.11 Å². The van der Waals surface area contributed by atoms with E-state index in [1.54, 1.807) is 6.08 Å². The van der Waals surface area contributed by atoms with E-state index in [2.05, 4.69) is 4.74 Å². The molecule has 1 fully saturated rings. The molecule has 0 aromatic heterocycles. The Hall–Kier alpha value is -0.830. The van der Waals surface area contributed by atoms with Gasteiger partial charge in [0.05, 0.1) is 19.8 Å². The summed E-state index contributed by atoms with van der Waals surface area (Å²) in [6.45, 7) is 2.72. The summed E-state index contributed by atoms with van der Waals surface area (Å²) in [5.41, 5.74) is 1.13. The Balaban J connectivity index is 2.50. The largest absolute Gasteiger partial charge is 0.466 e. The number of methoxy groups -OCH3 is 1. The summed E-state index contributed by atoms with van der Waals surface area (Å²) in [5, 5.41) is 0. The Morgan fingerprint density at radius 2 is 2.50 bits per heavy atom. The van der Waals surface area contributed by atoms with Crippen molar-refractivity contribution in [3.63, 3.8) is 0 Å². The minimum absolute atomic E-state index is 0.231. The molecule has 0 amide bonds. The van der Waals surface area contributed by atoms with Gasteiger partial charge in [0.1, 0.15) is 0 Å². The van der Waals surface area contributed by atoms with E-state index in [0.717, 1.165) is 18.4 Å². The van der Waals surface area contributed by atoms with Crippen LogP contribution in [0.25, 0.3) is 0 Å². The molecule has 12 heavy (non-hydrogen) atoms. The van der Waals surface area contributed by atoms with Crippen molar-refractivity contribution in [2.75, 3.05) is 13.7 Å². The number of carbonyl (C=O) groups is 1. The molecule has 3 nitrogen and oxygen atoms in total. The SMILES string of the molecule is COC(=O)/C=C1/CCOC(C)C1. The summed E-state index contributed by atoms with van der Waals surface area (Å²) in [6.07, 6.45) is 3.49. The van der Waals surface area contributed by atoms with Crippen LogP contribution in [0.15, 0.2) is 11.6 Å². The van der Waals surface area contributed by atoms with Gasteiger partial charge in [0.15, 0.2) is 0 Å². The quantitative estimate of drug-likeness (QED) is 0.439. The van der Waals surface area contributed by atoms with E-state index < -0.39 is 0 Å². The van der Waals surface area contributed by atoms with Crippen LogP contribution >= 0.6 is 0 Å². The van der Waals surface area contributed by atoms with Crippen molar-refractivity contribution >= 4 is 5.97 Å². The van der Waals surface area contributed by atoms with Gasteiger partial charge >= 0.3 is 5.97 Å². The van der Waals surface area contributed by atoms with Crippen LogP contribution in [-0.4, -0.2) is 25.8 Å². The van der Waals surface area contributed by atoms with Crippen LogP contribution in [0.3, 0.4) is 0 Å². The topological polar surface area (TPSA) is 35.5 Å². The molecule has 0 aliphatic carbocycles. The third kappa shape index (κ3) is 2.66. The summed E-state index contributed by atoms with van der Waals surface area (Å²) in [6, 6.07) is 0. The van der Waals surface area contributed by atoms with E-state index in [9.17, 15) is 4.79 Å². The van der Waals surface area contributed by atoms with E-state index in [4.69, 9.17) is 4.74 Å². The van der Waals surface area contributed by atoms with Gasteiger partial charge in [0.2, 0.25) is 0 Å². The van der Waals surface area contributed by atoms with Crippen molar-refractivity contribution in [1.29, 1.82) is 0 Å². The highest BCUT2D eigenvalue weighted by Crippen LogP contribution is 2.18. The van der Waals surface area contributed by atoms with Crippen molar-refractivity contribution in [2.24, 2.45) is 0 Å². The number of carbonyl (C=O) groups excluding carboxylic acids is 1. The Labute approximate surface area is 72.4 Å². The van der Waals surface area contributed by atoms with Crippen LogP contribution in [0.5, 0.6) is 0 Å². The van der Waals surface area contributed by atoms with Gasteiger partial charge in [-0.1, -0.05) is 5.57 Å². The maximum absolute atomic E-state index is 10.8. The normalized spacial score (nSPS) is 27.2. The minimum Gasteiger partial charge on any atom is -0.466 e. The second kappa shape index (κ2) is 4.26. The molecular formula is C9H14O3. The molecule has 1 unspecified atom stereocenters. The molecule has 1 aliphatic heterocycles. The first-order valence-corrected chi connectivity index (χ1v) is 4.11. The lowest BCUT2D eigenvalue weighted by Gasteiger charge is -2.20. The molecule has 1 saturated heterocycles. The van der Waals surface area contributed by atoms with Gasteiger partial charge in [-0.25, -0.2) is 4.79 Å². The fraction of sp³-hybridized carbons (Fsp3) is 0.667. The number of ether oxygens (including phenoxy) is 2. The number of hydrogen-bond acceptors (Lipinski definition) is 3. The standard InChI is InChI=1S/C9H14O3/c1-7-5-8(3-4-12-7)6-9(10)11-2/h6-7H,3-5H2,1-2H3/b8-6-. The fourth-order valence-electron chi connectivity index (χ4n) is 1.28. The Bertz CT molecular complexity index is 196. The second-order valence-electron chi connectivity index (χ2n) is 2.96. The molecule has 0 aromatic rings. The van der Waals surface area contributed by atoms with Crippen molar-refractivity contribution in [3.05, 3.63) is 11.6 Å². The number of esters is 1. The van der Waals surface area contributed by atoms with E-state index in [-0.39, 0.29) is 12.1 Å². The van der Waals surface area contributed by atoms with Crippen molar-refractivity contribution in [3.8, 4) is 0 Å². The second-order valence-corrected chi connectivity index (χ2v) is 2.96. The molecule has 0 bridgehead atoms. The summed E-state index contributed by atoms with van der Waals surface area (Å²) >= 11 is 0. The molecule has 0 saturated carbocycles. The van der Waals surface area contributed by atoms with Crippen LogP contribution in [0.2, 0.25) is 0 Å². The molecule has 0 N–H and O–H groups in total. The lowest BCUT2D eigenvalue weighted by atomic mass is 10.0. The van der Waals surface area contributed by atoms with E-state index in [1.807, 2.05) is 6.92 Å². The van der Waals surface area contributed by atoms with Crippen LogP contribution in [-0.2, 0) is 14.3 Å². The van der Waals surface area contributed by atoms with Crippen molar-refractivity contribution in [1.82, 2.24) is 0 Å². The highest BCUT2D eigenvalue weighted by molar-refractivity contribution is 5.82. The molecule has 3 heteroatoms. The van der Waals surface area contributed by atoms with Gasteiger partial charge in [-0.05, 0) is 19.8 Å². The average Bonchev–Trinajstić information content (AvgIpc) is 2.04. The molecule has 0 aromatic carbocycles. The molecule has 1 aliphatic rings. The maximum atomic E-state index is 10.8. The van der Waals surface area contributed by atoms with Crippen LogP contribution in [0.1, 0.15) is 19.8 Å². The van der Waals surface area contributed by atoms with Gasteiger partial charge < -0.3 is 9.47 Å². The molecular weight excluding hydrogens is 156 g/mol. The molecule has 1 heterocycles. The van der Waals surface area contributed by atoms with Crippen LogP contribution < -0.4 is 0 Å². The first-order chi connectivity index (χ1) is 5.72. The summed E-state index contributed by atoms with van der Waals surface area (Å²) in [4.78, 5) is 10.8. The monoisotopic (exact) mass is 170 g/mol. The lowest BCUT2D eigenvalue weighted by Crippen LogP contribution is -2.17. The van der Waals surface area contributed by atoms with E-state index >= 15 is 0 Å². The zero-order chi connectivity index (χ0) is 8.97. The summed E-state index contributed by atoms with van der Waals surface area (Å²) < 4.78 is 9.86. The predicted octanol–water partition coefficient (Wildman–Crippen LogP) is 1.28. The molecule has 1 rings (SSSR count). The molecule has 0 radical (unpaired) electrons. The van der Waals surface area contributed by atoms with Crippen molar-refractivity contribution < 1.29 is 14.3 Å². The van der Waals surface area contributed by atoms with E-state index in [0.29, 0.717) is 6.61 Å². The summed E-state index contributed by atoms with van der Waals surface area (Å²) in [7, 11) is 1.39. The Morgan fingerprint density at radius 3 is 3.08 bits per heavy atom. The Kier molecular flexibility index (Phi) is 3.29. The van der Waals surface area contributed by atoms with Gasteiger partial charge in [-0.15, -0.1) is 0 Å². The van der Waals surface area contributed by atoms with Crippen molar-refractivity contribution in [2.45, 2.75) is 25.9 Å². The molecule has 1 atom stereocenters. The number of rotatable bonds is 1. The van der Waals surface area contributed by atoms with Gasteiger partial charge in [0, 0.05) is 6.08 Å². The first-order valence-electron chi connectivity index (χ1n) is 4.11. The van der Waals surface area contributed by atoms with Crippen LogP contribution in [0.4, 0.5) is 0 Å². The lowest BCUT2D eigenvalue weighted by molar-refractivity contribution is -0.134. The van der Waals surface area contributed by atoms with Gasteiger partial charge in [-0.2, -0.15) is 0 Å². The number of hydrogen-bond donors (Lipinski definition) is 0. The first kappa shape index (κ1) is 9.26. The van der Waals surface area contributed by atoms with Gasteiger partial charge in [-0.3, -0.25) is 0 Å².